The molecule has 2 aromatic rings. The van der Waals surface area contributed by atoms with Crippen molar-refractivity contribution in [1.29, 1.82) is 0 Å². The van der Waals surface area contributed by atoms with E-state index < -0.39 is 0 Å². The summed E-state index contributed by atoms with van der Waals surface area (Å²) in [4.78, 5) is 14.5. The van der Waals surface area contributed by atoms with Gasteiger partial charge in [0.25, 0.3) is 5.91 Å². The Morgan fingerprint density at radius 1 is 1.00 bits per heavy atom. The number of carbonyl (C=O) groups is 1. The van der Waals surface area contributed by atoms with Crippen molar-refractivity contribution in [3.05, 3.63) is 59.7 Å². The molecule has 1 aliphatic heterocycles. The molecule has 1 amide bonds. The van der Waals surface area contributed by atoms with Crippen molar-refractivity contribution < 1.29 is 4.79 Å². The molecule has 1 heterocycles. The Balaban J connectivity index is 1.58. The highest BCUT2D eigenvalue weighted by Crippen LogP contribution is 2.24. The Morgan fingerprint density at radius 3 is 2.35 bits per heavy atom. The Hall–Kier alpha value is -2.49. The van der Waals surface area contributed by atoms with Crippen molar-refractivity contribution in [2.75, 3.05) is 24.6 Å². The van der Waals surface area contributed by atoms with E-state index in [4.69, 9.17) is 11.5 Å². The van der Waals surface area contributed by atoms with Gasteiger partial charge in [0.05, 0.1) is 11.4 Å². The summed E-state index contributed by atoms with van der Waals surface area (Å²) in [6.45, 7) is 1.61. The van der Waals surface area contributed by atoms with Crippen LogP contribution in [0.2, 0.25) is 0 Å². The Bertz CT molecular complexity index is 676. The lowest BCUT2D eigenvalue weighted by Crippen LogP contribution is -2.38. The van der Waals surface area contributed by atoms with E-state index in [2.05, 4.69) is 24.3 Å². The molecule has 0 aliphatic carbocycles. The van der Waals surface area contributed by atoms with Gasteiger partial charge in [-0.15, -0.1) is 0 Å². The molecule has 0 bridgehead atoms. The summed E-state index contributed by atoms with van der Waals surface area (Å²) < 4.78 is 0. The average molecular weight is 309 g/mol. The van der Waals surface area contributed by atoms with Crippen molar-refractivity contribution in [3.8, 4) is 0 Å². The highest BCUT2D eigenvalue weighted by molar-refractivity contribution is 5.96. The number of carbonyl (C=O) groups excluding carboxylic acids is 1. The number of hydrogen-bond acceptors (Lipinski definition) is 3. The predicted octanol–water partition coefficient (Wildman–Crippen LogP) is 2.95. The van der Waals surface area contributed by atoms with Crippen LogP contribution >= 0.6 is 0 Å². The Morgan fingerprint density at radius 2 is 1.70 bits per heavy atom. The van der Waals surface area contributed by atoms with Gasteiger partial charge in [-0.2, -0.15) is 0 Å². The minimum Gasteiger partial charge on any atom is -0.397 e. The number of rotatable bonds is 3. The molecule has 120 valence electrons. The van der Waals surface area contributed by atoms with Crippen molar-refractivity contribution >= 4 is 17.3 Å². The van der Waals surface area contributed by atoms with Crippen LogP contribution in [-0.4, -0.2) is 23.9 Å². The molecule has 0 unspecified atom stereocenters. The number of amides is 1. The maximum Gasteiger partial charge on any atom is 0.253 e. The quantitative estimate of drug-likeness (QED) is 0.856. The van der Waals surface area contributed by atoms with Crippen molar-refractivity contribution in [2.24, 2.45) is 5.92 Å². The summed E-state index contributed by atoms with van der Waals surface area (Å²) in [5, 5.41) is 0. The molecule has 1 aliphatic rings. The minimum atomic E-state index is 0.0508. The van der Waals surface area contributed by atoms with E-state index in [1.807, 2.05) is 11.0 Å². The summed E-state index contributed by atoms with van der Waals surface area (Å²) in [7, 11) is 0. The van der Waals surface area contributed by atoms with Gasteiger partial charge in [0.1, 0.15) is 0 Å². The lowest BCUT2D eigenvalue weighted by Gasteiger charge is -2.32. The fraction of sp³-hybridized carbons (Fsp3) is 0.316. The molecule has 0 spiro atoms. The molecular formula is C19H23N3O. The van der Waals surface area contributed by atoms with E-state index >= 15 is 0 Å². The van der Waals surface area contributed by atoms with Crippen molar-refractivity contribution in [3.63, 3.8) is 0 Å². The summed E-state index contributed by atoms with van der Waals surface area (Å²) in [6, 6.07) is 15.7. The van der Waals surface area contributed by atoms with Gasteiger partial charge in [-0.1, -0.05) is 30.3 Å². The van der Waals surface area contributed by atoms with Crippen LogP contribution in [0.5, 0.6) is 0 Å². The van der Waals surface area contributed by atoms with Gasteiger partial charge < -0.3 is 16.4 Å². The van der Waals surface area contributed by atoms with Crippen molar-refractivity contribution in [1.82, 2.24) is 4.90 Å². The highest BCUT2D eigenvalue weighted by Gasteiger charge is 2.24. The van der Waals surface area contributed by atoms with Crippen LogP contribution in [0.3, 0.4) is 0 Å². The van der Waals surface area contributed by atoms with Gasteiger partial charge in [-0.25, -0.2) is 0 Å². The third-order valence-corrected chi connectivity index (χ3v) is 4.60. The Labute approximate surface area is 137 Å². The summed E-state index contributed by atoms with van der Waals surface area (Å²) in [5.74, 6) is 0.702. The molecule has 3 rings (SSSR count). The molecule has 23 heavy (non-hydrogen) atoms. The first-order chi connectivity index (χ1) is 11.1. The van der Waals surface area contributed by atoms with Crippen LogP contribution in [0, 0.1) is 5.92 Å². The molecule has 2 aromatic carbocycles. The van der Waals surface area contributed by atoms with Crippen LogP contribution in [0.4, 0.5) is 11.4 Å². The molecule has 1 saturated heterocycles. The largest absolute Gasteiger partial charge is 0.397 e. The third-order valence-electron chi connectivity index (χ3n) is 4.60. The van der Waals surface area contributed by atoms with E-state index in [1.165, 1.54) is 5.56 Å². The van der Waals surface area contributed by atoms with Gasteiger partial charge in [-0.3, -0.25) is 4.79 Å². The molecule has 4 N–H and O–H groups in total. The second-order valence-corrected chi connectivity index (χ2v) is 6.27. The molecule has 0 atom stereocenters. The van der Waals surface area contributed by atoms with Gasteiger partial charge in [0.15, 0.2) is 0 Å². The molecule has 4 nitrogen and oxygen atoms in total. The fourth-order valence-corrected chi connectivity index (χ4v) is 3.18. The van der Waals surface area contributed by atoms with E-state index in [-0.39, 0.29) is 5.91 Å². The zero-order chi connectivity index (χ0) is 16.2. The molecule has 0 saturated carbocycles. The number of nitrogen functional groups attached to an aromatic ring is 2. The van der Waals surface area contributed by atoms with E-state index in [0.29, 0.717) is 22.9 Å². The van der Waals surface area contributed by atoms with Crippen LogP contribution in [0.1, 0.15) is 28.8 Å². The lowest BCUT2D eigenvalue weighted by molar-refractivity contribution is 0.0690. The third kappa shape index (κ3) is 3.65. The molecule has 1 fully saturated rings. The number of likely N-dealkylation sites (tertiary alicyclic amines) is 1. The van der Waals surface area contributed by atoms with Crippen LogP contribution in [0.25, 0.3) is 0 Å². The normalized spacial score (nSPS) is 15.6. The van der Waals surface area contributed by atoms with E-state index in [0.717, 1.165) is 32.4 Å². The second-order valence-electron chi connectivity index (χ2n) is 6.27. The summed E-state index contributed by atoms with van der Waals surface area (Å²) in [5.41, 5.74) is 14.5. The Kier molecular flexibility index (Phi) is 4.51. The molecule has 4 heteroatoms. The first-order valence-electron chi connectivity index (χ1n) is 8.11. The maximum atomic E-state index is 12.6. The summed E-state index contributed by atoms with van der Waals surface area (Å²) in [6.07, 6.45) is 3.19. The smallest absolute Gasteiger partial charge is 0.253 e. The fourth-order valence-electron chi connectivity index (χ4n) is 3.18. The van der Waals surface area contributed by atoms with Crippen molar-refractivity contribution in [2.45, 2.75) is 19.3 Å². The molecule has 0 aromatic heterocycles. The van der Waals surface area contributed by atoms with E-state index in [9.17, 15) is 4.79 Å². The number of nitrogens with two attached hydrogens (primary N) is 2. The average Bonchev–Trinajstić information content (AvgIpc) is 2.58. The lowest BCUT2D eigenvalue weighted by atomic mass is 9.90. The first-order valence-corrected chi connectivity index (χ1v) is 8.11. The number of piperidine rings is 1. The number of nitrogens with zero attached hydrogens (tertiary/aromatic N) is 1. The second kappa shape index (κ2) is 6.73. The zero-order valence-electron chi connectivity index (χ0n) is 13.2. The monoisotopic (exact) mass is 309 g/mol. The SMILES string of the molecule is Nc1ccc(C(=O)N2CCC(Cc3ccccc3)CC2)cc1N. The van der Waals surface area contributed by atoms with Crippen LogP contribution in [-0.2, 0) is 6.42 Å². The van der Waals surface area contributed by atoms with Crippen LogP contribution < -0.4 is 11.5 Å². The topological polar surface area (TPSA) is 72.4 Å². The van der Waals surface area contributed by atoms with Gasteiger partial charge >= 0.3 is 0 Å². The van der Waals surface area contributed by atoms with E-state index in [1.54, 1.807) is 18.2 Å². The standard InChI is InChI=1S/C19H23N3O/c20-17-7-6-16(13-18(17)21)19(23)22-10-8-15(9-11-22)12-14-4-2-1-3-5-14/h1-7,13,15H,8-12,20-21H2. The summed E-state index contributed by atoms with van der Waals surface area (Å²) >= 11 is 0. The highest BCUT2D eigenvalue weighted by atomic mass is 16.2. The predicted molar refractivity (Wildman–Crippen MR) is 94.0 cm³/mol. The zero-order valence-corrected chi connectivity index (χ0v) is 13.2. The number of benzene rings is 2. The molecular weight excluding hydrogens is 286 g/mol. The first kappa shape index (κ1) is 15.4. The van der Waals surface area contributed by atoms with Gasteiger partial charge in [0.2, 0.25) is 0 Å². The van der Waals surface area contributed by atoms with Gasteiger partial charge in [0, 0.05) is 18.7 Å². The maximum absolute atomic E-state index is 12.6. The minimum absolute atomic E-state index is 0.0508. The molecule has 0 radical (unpaired) electrons. The van der Waals surface area contributed by atoms with Crippen LogP contribution in [0.15, 0.2) is 48.5 Å². The number of anilines is 2. The van der Waals surface area contributed by atoms with Gasteiger partial charge in [-0.05, 0) is 48.9 Å². The number of hydrogen-bond donors (Lipinski definition) is 2.